The molecule has 0 aromatic heterocycles. The van der Waals surface area contributed by atoms with E-state index in [2.05, 4.69) is 0 Å². The Bertz CT molecular complexity index is 1120. The van der Waals surface area contributed by atoms with E-state index in [1.807, 2.05) is 83.1 Å². The van der Waals surface area contributed by atoms with Crippen LogP contribution in [0.25, 0.3) is 5.76 Å². The first-order chi connectivity index (χ1) is 17.2. The zero-order valence-electron chi connectivity index (χ0n) is 22.2. The molecule has 1 atom stereocenters. The molecule has 0 bridgehead atoms. The molecule has 1 N–H and O–H groups in total. The van der Waals surface area contributed by atoms with Crippen molar-refractivity contribution in [3.05, 3.63) is 64.7 Å². The summed E-state index contributed by atoms with van der Waals surface area (Å²) >= 11 is 0. The highest BCUT2D eigenvalue weighted by Crippen LogP contribution is 2.41. The number of aliphatic hydroxyl groups excluding tert-OH is 1. The molecule has 1 fully saturated rings. The number of hydrogen-bond acceptors (Lipinski definition) is 6. The molecule has 0 spiro atoms. The van der Waals surface area contributed by atoms with Crippen LogP contribution in [0.15, 0.2) is 48.0 Å². The lowest BCUT2D eigenvalue weighted by molar-refractivity contribution is -0.140. The normalized spacial score (nSPS) is 17.3. The summed E-state index contributed by atoms with van der Waals surface area (Å²) < 4.78 is 11.6. The molecule has 194 valence electrons. The lowest BCUT2D eigenvalue weighted by Crippen LogP contribution is -2.35. The average Bonchev–Trinajstić information content (AvgIpc) is 3.11. The summed E-state index contributed by atoms with van der Waals surface area (Å²) in [5, 5.41) is 11.5. The van der Waals surface area contributed by atoms with Crippen LogP contribution < -0.4 is 9.47 Å². The Kier molecular flexibility index (Phi) is 9.15. The van der Waals surface area contributed by atoms with Gasteiger partial charge in [-0.2, -0.15) is 0 Å². The molecule has 1 heterocycles. The van der Waals surface area contributed by atoms with Gasteiger partial charge in [0.1, 0.15) is 17.3 Å². The number of ketones is 1. The number of Topliss-reactive ketones (excluding diaryl/α,β-unsaturated/α-hetero) is 1. The van der Waals surface area contributed by atoms with E-state index in [-0.39, 0.29) is 17.3 Å². The highest BCUT2D eigenvalue weighted by Gasteiger charge is 2.46. The number of amides is 1. The van der Waals surface area contributed by atoms with E-state index in [9.17, 15) is 14.7 Å². The van der Waals surface area contributed by atoms with Crippen LogP contribution in [0.4, 0.5) is 0 Å². The van der Waals surface area contributed by atoms with E-state index in [0.29, 0.717) is 37.6 Å². The van der Waals surface area contributed by atoms with Crippen LogP contribution in [0.5, 0.6) is 11.5 Å². The Hall–Kier alpha value is -3.32. The van der Waals surface area contributed by atoms with Gasteiger partial charge in [0.15, 0.2) is 0 Å². The Morgan fingerprint density at radius 2 is 1.83 bits per heavy atom. The van der Waals surface area contributed by atoms with Gasteiger partial charge in [0.05, 0.1) is 24.8 Å². The number of ether oxygens (including phenoxy) is 2. The molecule has 0 aliphatic carbocycles. The number of carbonyl (C=O) groups is 2. The third-order valence-corrected chi connectivity index (χ3v) is 6.18. The highest BCUT2D eigenvalue weighted by molar-refractivity contribution is 6.46. The van der Waals surface area contributed by atoms with Gasteiger partial charge in [-0.3, -0.25) is 9.59 Å². The molecule has 2 aromatic rings. The molecular weight excluding hydrogens is 456 g/mol. The molecule has 1 unspecified atom stereocenters. The fourth-order valence-corrected chi connectivity index (χ4v) is 4.35. The molecule has 0 radical (unpaired) electrons. The van der Waals surface area contributed by atoms with E-state index >= 15 is 0 Å². The molecule has 1 amide bonds. The van der Waals surface area contributed by atoms with Crippen molar-refractivity contribution in [2.45, 2.75) is 46.1 Å². The van der Waals surface area contributed by atoms with Crippen molar-refractivity contribution in [3.8, 4) is 11.5 Å². The summed E-state index contributed by atoms with van der Waals surface area (Å²) in [6.45, 7) is 10.1. The first kappa shape index (κ1) is 27.3. The van der Waals surface area contributed by atoms with E-state index in [0.717, 1.165) is 23.3 Å². The minimum Gasteiger partial charge on any atom is -0.507 e. The highest BCUT2D eigenvalue weighted by atomic mass is 16.5. The summed E-state index contributed by atoms with van der Waals surface area (Å²) in [7, 11) is 3.83. The van der Waals surface area contributed by atoms with Crippen LogP contribution in [0.3, 0.4) is 0 Å². The van der Waals surface area contributed by atoms with E-state index in [1.165, 1.54) is 0 Å². The second kappa shape index (κ2) is 12.1. The quantitative estimate of drug-likeness (QED) is 0.270. The third-order valence-electron chi connectivity index (χ3n) is 6.18. The third kappa shape index (κ3) is 5.90. The molecular formula is C29H38N2O5. The van der Waals surface area contributed by atoms with Crippen molar-refractivity contribution in [1.29, 1.82) is 0 Å². The van der Waals surface area contributed by atoms with Gasteiger partial charge in [-0.1, -0.05) is 32.9 Å². The Morgan fingerprint density at radius 1 is 1.08 bits per heavy atom. The number of benzene rings is 2. The maximum atomic E-state index is 13.3. The monoisotopic (exact) mass is 494 g/mol. The molecule has 1 saturated heterocycles. The molecule has 36 heavy (non-hydrogen) atoms. The van der Waals surface area contributed by atoms with Crippen molar-refractivity contribution in [1.82, 2.24) is 9.80 Å². The maximum absolute atomic E-state index is 13.3. The second-order valence-corrected chi connectivity index (χ2v) is 9.56. The molecule has 7 heteroatoms. The predicted octanol–water partition coefficient (Wildman–Crippen LogP) is 4.98. The lowest BCUT2D eigenvalue weighted by atomic mass is 9.93. The number of nitrogens with zero attached hydrogens (tertiary/aromatic N) is 2. The number of aliphatic hydroxyl groups is 1. The van der Waals surface area contributed by atoms with E-state index in [4.69, 9.17) is 9.47 Å². The minimum atomic E-state index is -0.718. The fraction of sp³-hybridized carbons (Fsp3) is 0.448. The first-order valence-electron chi connectivity index (χ1n) is 12.6. The van der Waals surface area contributed by atoms with Crippen LogP contribution in [0.1, 0.15) is 62.8 Å². The predicted molar refractivity (Wildman–Crippen MR) is 141 cm³/mol. The van der Waals surface area contributed by atoms with Gasteiger partial charge in [0, 0.05) is 18.7 Å². The van der Waals surface area contributed by atoms with Crippen molar-refractivity contribution >= 4 is 17.4 Å². The van der Waals surface area contributed by atoms with Crippen molar-refractivity contribution in [2.75, 3.05) is 40.4 Å². The lowest BCUT2D eigenvalue weighted by Gasteiger charge is -2.27. The van der Waals surface area contributed by atoms with Crippen LogP contribution in [0, 0.1) is 0 Å². The van der Waals surface area contributed by atoms with Gasteiger partial charge in [-0.15, -0.1) is 0 Å². The summed E-state index contributed by atoms with van der Waals surface area (Å²) in [4.78, 5) is 30.0. The van der Waals surface area contributed by atoms with Gasteiger partial charge in [0.2, 0.25) is 0 Å². The van der Waals surface area contributed by atoms with Gasteiger partial charge < -0.3 is 24.4 Å². The van der Waals surface area contributed by atoms with Crippen LogP contribution in [-0.2, 0) is 9.59 Å². The minimum absolute atomic E-state index is 0.0882. The van der Waals surface area contributed by atoms with Crippen molar-refractivity contribution in [3.63, 3.8) is 0 Å². The van der Waals surface area contributed by atoms with Crippen LogP contribution >= 0.6 is 0 Å². The number of rotatable bonds is 11. The molecule has 2 aromatic carbocycles. The molecule has 7 nitrogen and oxygen atoms in total. The SMILES string of the molecule is CCCOc1cccc(C2/C(=C(\O)c3ccc(OCC)c(C(C)C)c3)C(=O)C(=O)N2CCN(C)C)c1. The van der Waals surface area contributed by atoms with Gasteiger partial charge in [-0.25, -0.2) is 0 Å². The topological polar surface area (TPSA) is 79.3 Å². The molecule has 1 aliphatic rings. The first-order valence-corrected chi connectivity index (χ1v) is 12.6. The summed E-state index contributed by atoms with van der Waals surface area (Å²) in [5.74, 6) is 0.0680. The maximum Gasteiger partial charge on any atom is 0.295 e. The van der Waals surface area contributed by atoms with E-state index < -0.39 is 17.7 Å². The largest absolute Gasteiger partial charge is 0.507 e. The zero-order chi connectivity index (χ0) is 26.4. The summed E-state index contributed by atoms with van der Waals surface area (Å²) in [6, 6.07) is 12.1. The average molecular weight is 495 g/mol. The fourth-order valence-electron chi connectivity index (χ4n) is 4.35. The van der Waals surface area contributed by atoms with Crippen molar-refractivity contribution in [2.24, 2.45) is 0 Å². The van der Waals surface area contributed by atoms with Crippen LogP contribution in [0.2, 0.25) is 0 Å². The van der Waals surface area contributed by atoms with E-state index in [1.54, 1.807) is 11.0 Å². The number of carbonyl (C=O) groups excluding carboxylic acids is 2. The number of likely N-dealkylation sites (N-methyl/N-ethyl adjacent to an activating group) is 1. The standard InChI is InChI=1S/C29H38N2O5/c1-7-16-36-22-11-9-10-20(17-22)26-25(28(33)29(34)31(26)15-14-30(5)6)27(32)21-12-13-24(35-8-2)23(18-21)19(3)4/h9-13,17-19,26,32H,7-8,14-16H2,1-6H3/b27-25+. The zero-order valence-corrected chi connectivity index (χ0v) is 22.2. The summed E-state index contributed by atoms with van der Waals surface area (Å²) in [6.07, 6.45) is 0.863. The number of hydrogen-bond donors (Lipinski definition) is 1. The second-order valence-electron chi connectivity index (χ2n) is 9.56. The Labute approximate surface area is 214 Å². The smallest absolute Gasteiger partial charge is 0.295 e. The van der Waals surface area contributed by atoms with Gasteiger partial charge in [-0.05, 0) is 74.8 Å². The molecule has 3 rings (SSSR count). The Balaban J connectivity index is 2.16. The van der Waals surface area contributed by atoms with Crippen molar-refractivity contribution < 1.29 is 24.2 Å². The number of likely N-dealkylation sites (tertiary alicyclic amines) is 1. The van der Waals surface area contributed by atoms with Gasteiger partial charge in [0.25, 0.3) is 11.7 Å². The molecule has 0 saturated carbocycles. The van der Waals surface area contributed by atoms with Crippen LogP contribution in [-0.4, -0.2) is 67.0 Å². The Morgan fingerprint density at radius 3 is 2.47 bits per heavy atom. The van der Waals surface area contributed by atoms with Gasteiger partial charge >= 0.3 is 0 Å². The summed E-state index contributed by atoms with van der Waals surface area (Å²) in [5.41, 5.74) is 2.22. The molecule has 1 aliphatic heterocycles.